The molecule has 2 aromatic carbocycles. The van der Waals surface area contributed by atoms with Gasteiger partial charge in [0, 0.05) is 0 Å². The average Bonchev–Trinajstić information content (AvgIpc) is 2.86. The van der Waals surface area contributed by atoms with Crippen molar-refractivity contribution in [2.75, 3.05) is 0 Å². The van der Waals surface area contributed by atoms with Crippen LogP contribution >= 0.6 is 47.2 Å². The van der Waals surface area contributed by atoms with E-state index in [0.717, 1.165) is 41.0 Å². The number of carbonyl (C=O) groups is 1. The van der Waals surface area contributed by atoms with E-state index in [1.165, 1.54) is 6.08 Å². The fourth-order valence-corrected chi connectivity index (χ4v) is 4.70. The van der Waals surface area contributed by atoms with Crippen LogP contribution in [-0.4, -0.2) is 23.7 Å². The Hall–Kier alpha value is -1.49. The Morgan fingerprint density at radius 3 is 2.41 bits per heavy atom. The maximum absolute atomic E-state index is 13.0. The third kappa shape index (κ3) is 4.50. The highest BCUT2D eigenvalue weighted by atomic mass is 35.5. The van der Waals surface area contributed by atoms with E-state index in [1.807, 2.05) is 0 Å². The lowest BCUT2D eigenvalue weighted by molar-refractivity contribution is -0.123. The van der Waals surface area contributed by atoms with E-state index in [0.29, 0.717) is 15.6 Å². The molecule has 27 heavy (non-hydrogen) atoms. The quantitative estimate of drug-likeness (QED) is 0.543. The molecule has 1 amide bonds. The average molecular weight is 463 g/mol. The molecule has 0 aromatic heterocycles. The van der Waals surface area contributed by atoms with Crippen molar-refractivity contribution in [2.45, 2.75) is 4.90 Å². The van der Waals surface area contributed by atoms with Crippen LogP contribution in [0, 0.1) is 5.82 Å². The minimum Gasteiger partial charge on any atom is -0.267 e. The molecule has 1 aliphatic rings. The molecule has 1 aliphatic heterocycles. The molecular formula is C16H9Cl2FN2O3S3. The predicted molar refractivity (Wildman–Crippen MR) is 108 cm³/mol. The number of hydrogen-bond acceptors (Lipinski definition) is 5. The number of thiocarbonyl (C=S) groups is 1. The number of rotatable bonds is 4. The Bertz CT molecular complexity index is 1070. The minimum atomic E-state index is -4.11. The van der Waals surface area contributed by atoms with Gasteiger partial charge in [0.25, 0.3) is 15.9 Å². The summed E-state index contributed by atoms with van der Waals surface area (Å²) in [7, 11) is -4.11. The fraction of sp³-hybridized carbons (Fsp3) is 0. The minimum absolute atomic E-state index is 0.0111. The summed E-state index contributed by atoms with van der Waals surface area (Å²) >= 11 is 17.8. The van der Waals surface area contributed by atoms with Crippen LogP contribution in [0.15, 0.2) is 52.3 Å². The summed E-state index contributed by atoms with van der Waals surface area (Å²) in [6.07, 6.45) is 1.52. The SMILES string of the molecule is O=C1/C(=C/c2ccc(Cl)c(Cl)c2)SC(=S)N1NS(=O)(=O)c1ccc(F)cc1. The molecule has 0 unspecified atom stereocenters. The zero-order chi connectivity index (χ0) is 19.8. The zero-order valence-electron chi connectivity index (χ0n) is 13.1. The van der Waals surface area contributed by atoms with E-state index in [-0.39, 0.29) is 14.1 Å². The van der Waals surface area contributed by atoms with Gasteiger partial charge < -0.3 is 0 Å². The van der Waals surface area contributed by atoms with Crippen molar-refractivity contribution < 1.29 is 17.6 Å². The first-order valence-corrected chi connectivity index (χ1v) is 10.6. The van der Waals surface area contributed by atoms with Crippen LogP contribution in [0.25, 0.3) is 6.08 Å². The second-order valence-electron chi connectivity index (χ2n) is 5.24. The summed E-state index contributed by atoms with van der Waals surface area (Å²) in [5.41, 5.74) is 0.603. The molecule has 1 heterocycles. The number of thioether (sulfide) groups is 1. The van der Waals surface area contributed by atoms with E-state index in [4.69, 9.17) is 35.4 Å². The van der Waals surface area contributed by atoms with Gasteiger partial charge in [0.05, 0.1) is 19.8 Å². The first kappa shape index (κ1) is 20.2. The van der Waals surface area contributed by atoms with Gasteiger partial charge in [-0.2, -0.15) is 0 Å². The Morgan fingerprint density at radius 2 is 1.78 bits per heavy atom. The Kier molecular flexibility index (Phi) is 5.90. The molecule has 0 radical (unpaired) electrons. The molecule has 1 N–H and O–H groups in total. The summed E-state index contributed by atoms with van der Waals surface area (Å²) in [6, 6.07) is 8.98. The van der Waals surface area contributed by atoms with Crippen LogP contribution in [-0.2, 0) is 14.8 Å². The van der Waals surface area contributed by atoms with Crippen LogP contribution in [0.4, 0.5) is 4.39 Å². The van der Waals surface area contributed by atoms with Gasteiger partial charge in [0.15, 0.2) is 4.32 Å². The molecular weight excluding hydrogens is 454 g/mol. The summed E-state index contributed by atoms with van der Waals surface area (Å²) in [6.45, 7) is 0. The zero-order valence-corrected chi connectivity index (χ0v) is 17.1. The van der Waals surface area contributed by atoms with Gasteiger partial charge in [-0.3, -0.25) is 4.79 Å². The van der Waals surface area contributed by atoms with Crippen molar-refractivity contribution in [1.82, 2.24) is 9.84 Å². The molecule has 1 fully saturated rings. The van der Waals surface area contributed by atoms with E-state index in [9.17, 15) is 17.6 Å². The smallest absolute Gasteiger partial charge is 0.267 e. The van der Waals surface area contributed by atoms with Gasteiger partial charge in [-0.25, -0.2) is 17.8 Å². The number of carbonyl (C=O) groups excluding carboxylic acids is 1. The lowest BCUT2D eigenvalue weighted by Gasteiger charge is -2.15. The third-order valence-electron chi connectivity index (χ3n) is 3.37. The lowest BCUT2D eigenvalue weighted by Crippen LogP contribution is -2.44. The third-order valence-corrected chi connectivity index (χ3v) is 6.73. The van der Waals surface area contributed by atoms with Gasteiger partial charge in [-0.05, 0) is 48.0 Å². The molecule has 1 saturated heterocycles. The Balaban J connectivity index is 1.84. The number of sulfonamides is 1. The normalized spacial score (nSPS) is 16.4. The van der Waals surface area contributed by atoms with Crippen LogP contribution in [0.2, 0.25) is 10.0 Å². The fourth-order valence-electron chi connectivity index (χ4n) is 2.09. The standard InChI is InChI=1S/C16H9Cl2FN2O3S3/c17-12-6-1-9(7-13(12)18)8-14-15(22)21(16(25)26-14)20-27(23,24)11-4-2-10(19)3-5-11/h1-8,20H/b14-8-. The van der Waals surface area contributed by atoms with Crippen LogP contribution in [0.3, 0.4) is 0 Å². The number of nitrogens with zero attached hydrogens (tertiary/aromatic N) is 1. The van der Waals surface area contributed by atoms with Crippen molar-refractivity contribution in [3.63, 3.8) is 0 Å². The van der Waals surface area contributed by atoms with E-state index >= 15 is 0 Å². The van der Waals surface area contributed by atoms with Gasteiger partial charge in [0.2, 0.25) is 0 Å². The topological polar surface area (TPSA) is 66.5 Å². The van der Waals surface area contributed by atoms with Crippen LogP contribution in [0.5, 0.6) is 0 Å². The van der Waals surface area contributed by atoms with Crippen molar-refractivity contribution in [1.29, 1.82) is 0 Å². The van der Waals surface area contributed by atoms with Crippen molar-refractivity contribution in [3.05, 3.63) is 68.8 Å². The maximum atomic E-state index is 13.0. The first-order valence-electron chi connectivity index (χ1n) is 7.18. The van der Waals surface area contributed by atoms with Crippen LogP contribution in [0.1, 0.15) is 5.56 Å². The van der Waals surface area contributed by atoms with Gasteiger partial charge in [-0.15, -0.1) is 4.83 Å². The number of hydrogen-bond donors (Lipinski definition) is 1. The Morgan fingerprint density at radius 1 is 1.11 bits per heavy atom. The predicted octanol–water partition coefficient (Wildman–Crippen LogP) is 4.23. The summed E-state index contributed by atoms with van der Waals surface area (Å²) in [5, 5.41) is 1.44. The molecule has 11 heteroatoms. The van der Waals surface area contributed by atoms with E-state index in [1.54, 1.807) is 18.2 Å². The highest BCUT2D eigenvalue weighted by molar-refractivity contribution is 8.26. The molecule has 3 rings (SSSR count). The maximum Gasteiger partial charge on any atom is 0.281 e. The van der Waals surface area contributed by atoms with Gasteiger partial charge in [0.1, 0.15) is 5.82 Å². The van der Waals surface area contributed by atoms with E-state index < -0.39 is 21.7 Å². The molecule has 2 aromatic rings. The lowest BCUT2D eigenvalue weighted by atomic mass is 10.2. The molecule has 0 saturated carbocycles. The van der Waals surface area contributed by atoms with E-state index in [2.05, 4.69) is 4.83 Å². The molecule has 0 aliphatic carbocycles. The van der Waals surface area contributed by atoms with Gasteiger partial charge in [-0.1, -0.05) is 53.2 Å². The molecule has 0 spiro atoms. The van der Waals surface area contributed by atoms with Crippen molar-refractivity contribution in [3.8, 4) is 0 Å². The molecule has 5 nitrogen and oxygen atoms in total. The largest absolute Gasteiger partial charge is 0.281 e. The molecule has 0 bridgehead atoms. The number of amides is 1. The molecule has 140 valence electrons. The second-order valence-corrected chi connectivity index (χ2v) is 9.39. The summed E-state index contributed by atoms with van der Waals surface area (Å²) in [5.74, 6) is -1.22. The monoisotopic (exact) mass is 462 g/mol. The number of halogens is 3. The first-order chi connectivity index (χ1) is 12.7. The summed E-state index contributed by atoms with van der Waals surface area (Å²) in [4.78, 5) is 14.7. The number of hydrazine groups is 1. The highest BCUT2D eigenvalue weighted by Crippen LogP contribution is 2.33. The summed E-state index contributed by atoms with van der Waals surface area (Å²) < 4.78 is 37.8. The van der Waals surface area contributed by atoms with Gasteiger partial charge >= 0.3 is 0 Å². The number of nitrogens with one attached hydrogen (secondary N) is 1. The second kappa shape index (κ2) is 7.86. The van der Waals surface area contributed by atoms with Crippen molar-refractivity contribution in [2.24, 2.45) is 0 Å². The highest BCUT2D eigenvalue weighted by Gasteiger charge is 2.35. The van der Waals surface area contributed by atoms with Crippen LogP contribution < -0.4 is 4.83 Å². The number of benzene rings is 2. The molecule has 0 atom stereocenters. The van der Waals surface area contributed by atoms with Crippen molar-refractivity contribution >= 4 is 73.5 Å². The Labute approximate surface area is 174 Å².